The van der Waals surface area contributed by atoms with E-state index in [4.69, 9.17) is 5.73 Å². The van der Waals surface area contributed by atoms with Crippen molar-refractivity contribution in [2.75, 3.05) is 12.3 Å². The molecule has 122 valence electrons. The summed E-state index contributed by atoms with van der Waals surface area (Å²) in [5.74, 6) is 2.55. The van der Waals surface area contributed by atoms with Crippen LogP contribution in [-0.2, 0) is 11.3 Å². The number of halogens is 3. The molecule has 0 saturated heterocycles. The molecule has 0 spiro atoms. The van der Waals surface area contributed by atoms with E-state index in [2.05, 4.69) is 16.8 Å². The summed E-state index contributed by atoms with van der Waals surface area (Å²) < 4.78 is 36.9. The number of rotatable bonds is 2. The van der Waals surface area contributed by atoms with Crippen molar-refractivity contribution in [2.24, 2.45) is 0 Å². The molecular weight excluding hydrogens is 301 g/mol. The van der Waals surface area contributed by atoms with Crippen LogP contribution in [0.2, 0.25) is 0 Å². The number of carbonyl (C=O) groups is 1. The second-order valence-corrected chi connectivity index (χ2v) is 3.59. The van der Waals surface area contributed by atoms with Crippen molar-refractivity contribution in [3.63, 3.8) is 0 Å². The summed E-state index contributed by atoms with van der Waals surface area (Å²) >= 11 is 0. The first kappa shape index (κ1) is 19.5. The van der Waals surface area contributed by atoms with Gasteiger partial charge in [0.05, 0.1) is 12.1 Å². The fourth-order valence-corrected chi connectivity index (χ4v) is 1.19. The van der Waals surface area contributed by atoms with E-state index in [0.29, 0.717) is 6.54 Å². The van der Waals surface area contributed by atoms with Crippen LogP contribution in [-0.4, -0.2) is 28.2 Å². The largest absolute Gasteiger partial charge is 0.471 e. The molecule has 3 N–H and O–H groups in total. The minimum Gasteiger partial charge on any atom is -0.382 e. The van der Waals surface area contributed by atoms with Gasteiger partial charge in [-0.15, -0.1) is 0 Å². The highest BCUT2D eigenvalue weighted by Crippen LogP contribution is 2.13. The maximum Gasteiger partial charge on any atom is 0.471 e. The van der Waals surface area contributed by atoms with Crippen LogP contribution in [0.4, 0.5) is 19.0 Å². The molecule has 9 heteroatoms. The number of carbonyl (C=O) groups excluding carboxylic acids is 1. The molecule has 0 aliphatic carbocycles. The topological polar surface area (TPSA) is 90.0 Å². The van der Waals surface area contributed by atoms with Crippen LogP contribution in [0.25, 0.3) is 0 Å². The summed E-state index contributed by atoms with van der Waals surface area (Å²) in [6, 6.07) is 0. The van der Waals surface area contributed by atoms with E-state index in [9.17, 15) is 22.8 Å². The van der Waals surface area contributed by atoms with Crippen molar-refractivity contribution in [3.8, 4) is 11.8 Å². The highest BCUT2D eigenvalue weighted by molar-refractivity contribution is 5.81. The molecule has 0 aliphatic rings. The van der Waals surface area contributed by atoms with Crippen LogP contribution in [0.15, 0.2) is 11.0 Å². The average Bonchev–Trinajstić information content (AvgIpc) is 2.46. The minimum atomic E-state index is -4.95. The quantitative estimate of drug-likeness (QED) is 0.793. The smallest absolute Gasteiger partial charge is 0.382 e. The third kappa shape index (κ3) is 5.87. The second kappa shape index (κ2) is 8.71. The average molecular weight is 318 g/mol. The highest BCUT2D eigenvalue weighted by Gasteiger charge is 2.38. The number of amides is 1. The van der Waals surface area contributed by atoms with E-state index >= 15 is 0 Å². The highest BCUT2D eigenvalue weighted by atomic mass is 19.4. The van der Waals surface area contributed by atoms with Crippen LogP contribution in [0.1, 0.15) is 26.3 Å². The third-order valence-electron chi connectivity index (χ3n) is 2.18. The normalized spacial score (nSPS) is 9.91. The summed E-state index contributed by atoms with van der Waals surface area (Å²) in [5, 5.41) is 1.58. The van der Waals surface area contributed by atoms with E-state index in [1.807, 2.05) is 13.8 Å². The molecular formula is C13H17F3N4O2. The summed E-state index contributed by atoms with van der Waals surface area (Å²) in [6.45, 7) is 5.56. The Hall–Kier alpha value is -2.50. The van der Waals surface area contributed by atoms with Crippen LogP contribution in [0.3, 0.4) is 0 Å². The number of nitrogens with two attached hydrogens (primary N) is 1. The van der Waals surface area contributed by atoms with Gasteiger partial charge in [0.25, 0.3) is 0 Å². The summed E-state index contributed by atoms with van der Waals surface area (Å²) in [5.41, 5.74) is 5.12. The Morgan fingerprint density at radius 1 is 1.45 bits per heavy atom. The Morgan fingerprint density at radius 3 is 2.55 bits per heavy atom. The molecule has 22 heavy (non-hydrogen) atoms. The molecule has 0 radical (unpaired) electrons. The first-order valence-corrected chi connectivity index (χ1v) is 6.46. The van der Waals surface area contributed by atoms with E-state index in [1.54, 1.807) is 12.2 Å². The maximum absolute atomic E-state index is 11.9. The number of aryl methyl sites for hydroxylation is 1. The van der Waals surface area contributed by atoms with Crippen molar-refractivity contribution in [2.45, 2.75) is 33.5 Å². The fraction of sp³-hybridized carbons (Fsp3) is 0.462. The summed E-state index contributed by atoms with van der Waals surface area (Å²) in [6.07, 6.45) is -3.60. The van der Waals surface area contributed by atoms with E-state index < -0.39 is 24.3 Å². The first-order valence-electron chi connectivity index (χ1n) is 6.46. The molecule has 0 fully saturated rings. The molecule has 0 aromatic carbocycles. The Balaban J connectivity index is 0.00000211. The molecule has 1 aromatic heterocycles. The zero-order valence-electron chi connectivity index (χ0n) is 12.4. The number of anilines is 1. The number of nitrogens with zero attached hydrogens (tertiary/aromatic N) is 2. The fourth-order valence-electron chi connectivity index (χ4n) is 1.19. The predicted octanol–water partition coefficient (Wildman–Crippen LogP) is 0.902. The van der Waals surface area contributed by atoms with Crippen molar-refractivity contribution < 1.29 is 18.0 Å². The van der Waals surface area contributed by atoms with Crippen molar-refractivity contribution in [3.05, 3.63) is 22.2 Å². The number of hydrogen-bond donors (Lipinski definition) is 2. The van der Waals surface area contributed by atoms with Gasteiger partial charge in [-0.25, -0.2) is 4.79 Å². The summed E-state index contributed by atoms with van der Waals surface area (Å²) in [7, 11) is 0. The molecule has 1 amide bonds. The molecule has 0 atom stereocenters. The zero-order chi connectivity index (χ0) is 17.3. The van der Waals surface area contributed by atoms with Crippen molar-refractivity contribution in [1.82, 2.24) is 14.9 Å². The minimum absolute atomic E-state index is 0.116. The lowest BCUT2D eigenvalue weighted by Gasteiger charge is -2.04. The SMILES string of the molecule is CC.CCn1cc(C#CCNC(=O)C(F)(F)F)c(N)nc1=O. The van der Waals surface area contributed by atoms with Gasteiger partial charge in [-0.1, -0.05) is 25.7 Å². The Kier molecular flexibility index (Phi) is 7.72. The molecule has 0 bridgehead atoms. The number of nitrogens with one attached hydrogen (secondary N) is 1. The van der Waals surface area contributed by atoms with Gasteiger partial charge >= 0.3 is 17.8 Å². The molecule has 1 aromatic rings. The summed E-state index contributed by atoms with van der Waals surface area (Å²) in [4.78, 5) is 25.3. The maximum atomic E-state index is 11.9. The van der Waals surface area contributed by atoms with E-state index in [0.717, 1.165) is 0 Å². The zero-order valence-corrected chi connectivity index (χ0v) is 12.4. The molecule has 6 nitrogen and oxygen atoms in total. The van der Waals surface area contributed by atoms with Gasteiger partial charge in [-0.3, -0.25) is 9.36 Å². The molecule has 0 saturated carbocycles. The lowest BCUT2D eigenvalue weighted by Crippen LogP contribution is -2.36. The number of alkyl halides is 3. The van der Waals surface area contributed by atoms with Gasteiger partial charge in [-0.2, -0.15) is 18.2 Å². The van der Waals surface area contributed by atoms with E-state index in [1.165, 1.54) is 10.8 Å². The Morgan fingerprint density at radius 2 is 2.05 bits per heavy atom. The third-order valence-corrected chi connectivity index (χ3v) is 2.18. The number of aromatic nitrogens is 2. The van der Waals surface area contributed by atoms with Gasteiger partial charge in [0.15, 0.2) is 0 Å². The lowest BCUT2D eigenvalue weighted by molar-refractivity contribution is -0.173. The van der Waals surface area contributed by atoms with Crippen molar-refractivity contribution >= 4 is 11.7 Å². The van der Waals surface area contributed by atoms with Gasteiger partial charge < -0.3 is 11.1 Å². The Labute approximate surface area is 125 Å². The van der Waals surface area contributed by atoms with Crippen molar-refractivity contribution in [1.29, 1.82) is 0 Å². The molecule has 0 aliphatic heterocycles. The van der Waals surface area contributed by atoms with Crippen LogP contribution in [0.5, 0.6) is 0 Å². The van der Waals surface area contributed by atoms with Crippen LogP contribution in [0, 0.1) is 11.8 Å². The number of hydrogen-bond acceptors (Lipinski definition) is 4. The van der Waals surface area contributed by atoms with Gasteiger partial charge in [0, 0.05) is 12.7 Å². The van der Waals surface area contributed by atoms with Gasteiger partial charge in [0.1, 0.15) is 5.82 Å². The predicted molar refractivity (Wildman–Crippen MR) is 75.9 cm³/mol. The molecule has 1 rings (SSSR count). The standard InChI is InChI=1S/C11H11F3N4O2.C2H6/c1-2-18-6-7(8(15)17-10(18)20)4-3-5-16-9(19)11(12,13)14;1-2/h6H,2,5H2,1H3,(H,16,19)(H2,15,17,20);1-2H3. The lowest BCUT2D eigenvalue weighted by atomic mass is 10.3. The first-order chi connectivity index (χ1) is 10.3. The second-order valence-electron chi connectivity index (χ2n) is 3.59. The number of nitrogen functional groups attached to an aromatic ring is 1. The van der Waals surface area contributed by atoms with Gasteiger partial charge in [0.2, 0.25) is 0 Å². The monoisotopic (exact) mass is 318 g/mol. The van der Waals surface area contributed by atoms with E-state index in [-0.39, 0.29) is 11.4 Å². The van der Waals surface area contributed by atoms with Crippen LogP contribution >= 0.6 is 0 Å². The molecule has 0 unspecified atom stereocenters. The van der Waals surface area contributed by atoms with Gasteiger partial charge in [-0.05, 0) is 6.92 Å². The molecule has 1 heterocycles. The van der Waals surface area contributed by atoms with Crippen LogP contribution < -0.4 is 16.7 Å². The Bertz CT molecular complexity index is 627.